The summed E-state index contributed by atoms with van der Waals surface area (Å²) in [5.41, 5.74) is 6.72. The summed E-state index contributed by atoms with van der Waals surface area (Å²) in [7, 11) is 0. The second-order valence-corrected chi connectivity index (χ2v) is 5.57. The van der Waals surface area contributed by atoms with Gasteiger partial charge in [0.15, 0.2) is 0 Å². The molecule has 2 nitrogen and oxygen atoms in total. The van der Waals surface area contributed by atoms with Crippen molar-refractivity contribution in [2.75, 3.05) is 13.1 Å². The first-order valence-corrected chi connectivity index (χ1v) is 6.77. The van der Waals surface area contributed by atoms with Crippen LogP contribution in [0.15, 0.2) is 24.3 Å². The predicted octanol–water partition coefficient (Wildman–Crippen LogP) is 2.88. The molecule has 1 saturated heterocycles. The highest BCUT2D eigenvalue weighted by molar-refractivity contribution is 7.80. The van der Waals surface area contributed by atoms with Gasteiger partial charge >= 0.3 is 0 Å². The van der Waals surface area contributed by atoms with Gasteiger partial charge in [0.05, 0.1) is 11.0 Å². The Labute approximate surface area is 113 Å². The molecule has 1 heterocycles. The van der Waals surface area contributed by atoms with Crippen molar-refractivity contribution in [1.82, 2.24) is 4.90 Å². The summed E-state index contributed by atoms with van der Waals surface area (Å²) < 4.78 is 13.3. The Hall–Kier alpha value is -1.00. The Morgan fingerprint density at radius 1 is 1.56 bits per heavy atom. The van der Waals surface area contributed by atoms with Gasteiger partial charge in [0.2, 0.25) is 0 Å². The molecule has 0 aromatic heterocycles. The maximum atomic E-state index is 13.3. The lowest BCUT2D eigenvalue weighted by Crippen LogP contribution is -2.42. The van der Waals surface area contributed by atoms with Crippen molar-refractivity contribution in [3.05, 3.63) is 35.6 Å². The molecule has 1 aromatic rings. The molecule has 1 aliphatic rings. The number of likely N-dealkylation sites (tertiary alicyclic amines) is 1. The van der Waals surface area contributed by atoms with Gasteiger partial charge in [-0.1, -0.05) is 31.3 Å². The fourth-order valence-electron chi connectivity index (χ4n) is 2.69. The molecule has 0 spiro atoms. The lowest BCUT2D eigenvalue weighted by molar-refractivity contribution is 0.162. The molecule has 0 radical (unpaired) electrons. The minimum Gasteiger partial charge on any atom is -0.392 e. The van der Waals surface area contributed by atoms with Crippen LogP contribution in [-0.2, 0) is 0 Å². The van der Waals surface area contributed by atoms with Gasteiger partial charge in [0.25, 0.3) is 0 Å². The fourth-order valence-corrected chi connectivity index (χ4v) is 2.98. The monoisotopic (exact) mass is 266 g/mol. The standard InChI is InChI=1S/C14H19FN2S/c1-10-4-3-7-17(9-10)13(14(16)18)11-5-2-6-12(15)8-11/h2,5-6,8,10,13H,3-4,7,9H2,1H3,(H2,16,18). The zero-order valence-electron chi connectivity index (χ0n) is 10.6. The van der Waals surface area contributed by atoms with Crippen molar-refractivity contribution in [3.63, 3.8) is 0 Å². The Bertz CT molecular complexity index is 436. The van der Waals surface area contributed by atoms with Crippen molar-refractivity contribution >= 4 is 17.2 Å². The van der Waals surface area contributed by atoms with Crippen molar-refractivity contribution in [3.8, 4) is 0 Å². The fraction of sp³-hybridized carbons (Fsp3) is 0.500. The summed E-state index contributed by atoms with van der Waals surface area (Å²) in [6.07, 6.45) is 2.39. The molecular formula is C14H19FN2S. The van der Waals surface area contributed by atoms with Crippen LogP contribution in [0.25, 0.3) is 0 Å². The van der Waals surface area contributed by atoms with E-state index < -0.39 is 0 Å². The molecule has 4 heteroatoms. The number of rotatable bonds is 3. The highest BCUT2D eigenvalue weighted by Gasteiger charge is 2.27. The van der Waals surface area contributed by atoms with Crippen LogP contribution >= 0.6 is 12.2 Å². The minimum absolute atomic E-state index is 0.140. The Kier molecular flexibility index (Phi) is 4.30. The van der Waals surface area contributed by atoms with Gasteiger partial charge in [0.1, 0.15) is 5.82 Å². The summed E-state index contributed by atoms with van der Waals surface area (Å²) in [5, 5.41) is 0. The van der Waals surface area contributed by atoms with E-state index in [1.807, 2.05) is 6.07 Å². The molecule has 0 aliphatic carbocycles. The number of nitrogens with zero attached hydrogens (tertiary/aromatic N) is 1. The predicted molar refractivity (Wildman–Crippen MR) is 75.9 cm³/mol. The third-order valence-corrected chi connectivity index (χ3v) is 3.71. The molecule has 2 unspecified atom stereocenters. The first kappa shape index (κ1) is 13.4. The van der Waals surface area contributed by atoms with Gasteiger partial charge in [-0.15, -0.1) is 0 Å². The molecule has 0 bridgehead atoms. The lowest BCUT2D eigenvalue weighted by atomic mass is 9.96. The smallest absolute Gasteiger partial charge is 0.123 e. The zero-order chi connectivity index (χ0) is 13.1. The van der Waals surface area contributed by atoms with Gasteiger partial charge in [-0.05, 0) is 43.0 Å². The average molecular weight is 266 g/mol. The number of hydrogen-bond acceptors (Lipinski definition) is 2. The minimum atomic E-state index is -0.237. The molecule has 1 aromatic carbocycles. The number of benzene rings is 1. The topological polar surface area (TPSA) is 29.3 Å². The molecule has 2 N–H and O–H groups in total. The second kappa shape index (κ2) is 5.76. The van der Waals surface area contributed by atoms with Crippen molar-refractivity contribution in [1.29, 1.82) is 0 Å². The Morgan fingerprint density at radius 3 is 2.94 bits per heavy atom. The van der Waals surface area contributed by atoms with Crippen molar-refractivity contribution < 1.29 is 4.39 Å². The maximum absolute atomic E-state index is 13.3. The summed E-state index contributed by atoms with van der Waals surface area (Å²) in [6.45, 7) is 4.18. The molecule has 1 fully saturated rings. The van der Waals surface area contributed by atoms with Crippen LogP contribution in [-0.4, -0.2) is 23.0 Å². The molecule has 2 rings (SSSR count). The maximum Gasteiger partial charge on any atom is 0.123 e. The summed E-state index contributed by atoms with van der Waals surface area (Å²) >= 11 is 5.18. The van der Waals surface area contributed by atoms with Crippen LogP contribution in [0.1, 0.15) is 31.4 Å². The van der Waals surface area contributed by atoms with Crippen LogP contribution < -0.4 is 5.73 Å². The molecule has 2 atom stereocenters. The van der Waals surface area contributed by atoms with E-state index in [-0.39, 0.29) is 11.9 Å². The van der Waals surface area contributed by atoms with Crippen LogP contribution in [0, 0.1) is 11.7 Å². The Morgan fingerprint density at radius 2 is 2.33 bits per heavy atom. The number of hydrogen-bond donors (Lipinski definition) is 1. The Balaban J connectivity index is 2.25. The molecule has 98 valence electrons. The molecule has 1 aliphatic heterocycles. The van der Waals surface area contributed by atoms with E-state index in [2.05, 4.69) is 11.8 Å². The van der Waals surface area contributed by atoms with Gasteiger partial charge < -0.3 is 5.73 Å². The lowest BCUT2D eigenvalue weighted by Gasteiger charge is -2.37. The first-order chi connectivity index (χ1) is 8.58. The third kappa shape index (κ3) is 3.06. The van der Waals surface area contributed by atoms with E-state index >= 15 is 0 Å². The molecule has 0 saturated carbocycles. The summed E-state index contributed by atoms with van der Waals surface area (Å²) in [5.74, 6) is 0.406. The van der Waals surface area contributed by atoms with E-state index in [0.717, 1.165) is 25.1 Å². The number of nitrogens with two attached hydrogens (primary N) is 1. The molecule has 18 heavy (non-hydrogen) atoms. The second-order valence-electron chi connectivity index (χ2n) is 5.10. The number of thiocarbonyl (C=S) groups is 1. The quantitative estimate of drug-likeness (QED) is 0.853. The third-order valence-electron chi connectivity index (χ3n) is 3.49. The van der Waals surface area contributed by atoms with Gasteiger partial charge in [-0.3, -0.25) is 4.90 Å². The highest BCUT2D eigenvalue weighted by Crippen LogP contribution is 2.27. The van der Waals surface area contributed by atoms with Crippen LogP contribution in [0.5, 0.6) is 0 Å². The number of halogens is 1. The summed E-state index contributed by atoms with van der Waals surface area (Å²) in [4.78, 5) is 2.69. The molecular weight excluding hydrogens is 247 g/mol. The largest absolute Gasteiger partial charge is 0.392 e. The van der Waals surface area contributed by atoms with Crippen LogP contribution in [0.2, 0.25) is 0 Å². The SMILES string of the molecule is CC1CCCN(C(C(N)=S)c2cccc(F)c2)C1. The first-order valence-electron chi connectivity index (χ1n) is 6.37. The van der Waals surface area contributed by atoms with Crippen molar-refractivity contribution in [2.45, 2.75) is 25.8 Å². The van der Waals surface area contributed by atoms with Gasteiger partial charge in [-0.25, -0.2) is 4.39 Å². The van der Waals surface area contributed by atoms with Gasteiger partial charge in [0, 0.05) is 6.54 Å². The zero-order valence-corrected chi connectivity index (χ0v) is 11.4. The van der Waals surface area contributed by atoms with Crippen LogP contribution in [0.3, 0.4) is 0 Å². The molecule has 0 amide bonds. The van der Waals surface area contributed by atoms with Crippen LogP contribution in [0.4, 0.5) is 4.39 Å². The average Bonchev–Trinajstić information content (AvgIpc) is 2.28. The van der Waals surface area contributed by atoms with E-state index in [0.29, 0.717) is 10.9 Å². The van der Waals surface area contributed by atoms with E-state index in [1.165, 1.54) is 18.6 Å². The van der Waals surface area contributed by atoms with Gasteiger partial charge in [-0.2, -0.15) is 0 Å². The van der Waals surface area contributed by atoms with E-state index in [9.17, 15) is 4.39 Å². The summed E-state index contributed by atoms with van der Waals surface area (Å²) in [6, 6.07) is 6.44. The highest BCUT2D eigenvalue weighted by atomic mass is 32.1. The normalized spacial score (nSPS) is 22.7. The van der Waals surface area contributed by atoms with E-state index in [4.69, 9.17) is 18.0 Å². The van der Waals surface area contributed by atoms with E-state index in [1.54, 1.807) is 6.07 Å². The van der Waals surface area contributed by atoms with Crippen molar-refractivity contribution in [2.24, 2.45) is 11.7 Å². The number of piperidine rings is 1.